The Labute approximate surface area is 192 Å². The molecule has 0 spiro atoms. The number of methoxy groups -OCH3 is 1. The van der Waals surface area contributed by atoms with Crippen LogP contribution in [0.3, 0.4) is 0 Å². The van der Waals surface area contributed by atoms with Gasteiger partial charge in [0.25, 0.3) is 5.91 Å². The van der Waals surface area contributed by atoms with Crippen LogP contribution in [0.15, 0.2) is 60.8 Å². The molecule has 1 amide bonds. The average Bonchev–Trinajstić information content (AvgIpc) is 3.23. The molecule has 0 saturated heterocycles. The summed E-state index contributed by atoms with van der Waals surface area (Å²) in [6.07, 6.45) is 1.58. The second-order valence-electron chi connectivity index (χ2n) is 7.36. The molecule has 0 unspecified atom stereocenters. The SMILES string of the molecule is CCOC(=O)c1cnn(-c2ccc(C(=O)N(CCC(=O)OC)Cc3ccccc3)cc2)c1C. The molecule has 0 bridgehead atoms. The van der Waals surface area contributed by atoms with Crippen LogP contribution in [0.25, 0.3) is 5.69 Å². The normalized spacial score (nSPS) is 10.5. The molecular formula is C25H27N3O5. The van der Waals surface area contributed by atoms with Crippen LogP contribution < -0.4 is 0 Å². The van der Waals surface area contributed by atoms with E-state index < -0.39 is 5.97 Å². The van der Waals surface area contributed by atoms with Crippen molar-refractivity contribution < 1.29 is 23.9 Å². The van der Waals surface area contributed by atoms with Crippen molar-refractivity contribution in [3.8, 4) is 5.69 Å². The summed E-state index contributed by atoms with van der Waals surface area (Å²) in [6, 6.07) is 16.5. The van der Waals surface area contributed by atoms with Crippen molar-refractivity contribution in [3.05, 3.63) is 83.2 Å². The van der Waals surface area contributed by atoms with E-state index in [1.54, 1.807) is 47.7 Å². The predicted octanol–water partition coefficient (Wildman–Crippen LogP) is 3.56. The molecule has 0 saturated carbocycles. The Morgan fingerprint density at radius 1 is 1.03 bits per heavy atom. The number of nitrogens with zero attached hydrogens (tertiary/aromatic N) is 3. The molecule has 0 aliphatic rings. The minimum Gasteiger partial charge on any atom is -0.469 e. The molecule has 8 nitrogen and oxygen atoms in total. The maximum Gasteiger partial charge on any atom is 0.341 e. The Morgan fingerprint density at radius 2 is 1.73 bits per heavy atom. The smallest absolute Gasteiger partial charge is 0.341 e. The van der Waals surface area contributed by atoms with Crippen molar-refractivity contribution in [2.24, 2.45) is 0 Å². The number of hydrogen-bond donors (Lipinski definition) is 0. The molecule has 3 aromatic rings. The molecule has 1 aromatic heterocycles. The summed E-state index contributed by atoms with van der Waals surface area (Å²) in [5.74, 6) is -0.989. The van der Waals surface area contributed by atoms with Crippen molar-refractivity contribution >= 4 is 17.8 Å². The summed E-state index contributed by atoms with van der Waals surface area (Å²) in [4.78, 5) is 38.5. The van der Waals surface area contributed by atoms with Gasteiger partial charge < -0.3 is 14.4 Å². The molecule has 0 aliphatic carbocycles. The average molecular weight is 450 g/mol. The topological polar surface area (TPSA) is 90.7 Å². The van der Waals surface area contributed by atoms with Crippen LogP contribution in [0.4, 0.5) is 0 Å². The van der Waals surface area contributed by atoms with Crippen molar-refractivity contribution in [1.29, 1.82) is 0 Å². The van der Waals surface area contributed by atoms with Crippen LogP contribution in [-0.2, 0) is 20.8 Å². The third-order valence-electron chi connectivity index (χ3n) is 5.18. The summed E-state index contributed by atoms with van der Waals surface area (Å²) in [5.41, 5.74) is 3.20. The highest BCUT2D eigenvalue weighted by molar-refractivity contribution is 5.94. The minimum atomic E-state index is -0.421. The summed E-state index contributed by atoms with van der Waals surface area (Å²) >= 11 is 0. The fourth-order valence-electron chi connectivity index (χ4n) is 3.39. The van der Waals surface area contributed by atoms with E-state index >= 15 is 0 Å². The van der Waals surface area contributed by atoms with Gasteiger partial charge in [0.2, 0.25) is 0 Å². The molecule has 172 valence electrons. The number of hydrogen-bond acceptors (Lipinski definition) is 6. The van der Waals surface area contributed by atoms with Gasteiger partial charge in [-0.1, -0.05) is 30.3 Å². The van der Waals surface area contributed by atoms with E-state index in [1.807, 2.05) is 30.3 Å². The fourth-order valence-corrected chi connectivity index (χ4v) is 3.39. The number of esters is 2. The maximum absolute atomic E-state index is 13.2. The van der Waals surface area contributed by atoms with E-state index in [0.29, 0.717) is 29.1 Å². The molecule has 0 atom stereocenters. The number of amides is 1. The van der Waals surface area contributed by atoms with Crippen LogP contribution >= 0.6 is 0 Å². The summed E-state index contributed by atoms with van der Waals surface area (Å²) in [7, 11) is 1.33. The van der Waals surface area contributed by atoms with Gasteiger partial charge in [0.05, 0.1) is 37.7 Å². The van der Waals surface area contributed by atoms with Gasteiger partial charge in [-0.2, -0.15) is 5.10 Å². The van der Waals surface area contributed by atoms with Crippen molar-refractivity contribution in [2.45, 2.75) is 26.8 Å². The van der Waals surface area contributed by atoms with Gasteiger partial charge in [-0.25, -0.2) is 9.48 Å². The van der Waals surface area contributed by atoms with Crippen molar-refractivity contribution in [3.63, 3.8) is 0 Å². The lowest BCUT2D eigenvalue weighted by Crippen LogP contribution is -2.32. The molecule has 0 N–H and O–H groups in total. The number of aromatic nitrogens is 2. The van der Waals surface area contributed by atoms with E-state index in [9.17, 15) is 14.4 Å². The Bertz CT molecular complexity index is 1110. The molecule has 0 radical (unpaired) electrons. The van der Waals surface area contributed by atoms with Crippen molar-refractivity contribution in [1.82, 2.24) is 14.7 Å². The third kappa shape index (κ3) is 5.85. The van der Waals surface area contributed by atoms with Gasteiger partial charge in [-0.15, -0.1) is 0 Å². The molecule has 0 fully saturated rings. The first-order valence-corrected chi connectivity index (χ1v) is 10.7. The largest absolute Gasteiger partial charge is 0.469 e. The molecule has 33 heavy (non-hydrogen) atoms. The van der Waals surface area contributed by atoms with Gasteiger partial charge in [-0.05, 0) is 43.7 Å². The number of carbonyl (C=O) groups excluding carboxylic acids is 3. The summed E-state index contributed by atoms with van der Waals surface area (Å²) in [5, 5.41) is 4.28. The number of benzene rings is 2. The minimum absolute atomic E-state index is 0.107. The number of ether oxygens (including phenoxy) is 2. The van der Waals surface area contributed by atoms with E-state index in [0.717, 1.165) is 5.56 Å². The first kappa shape index (κ1) is 23.7. The van der Waals surface area contributed by atoms with Crippen LogP contribution in [0.2, 0.25) is 0 Å². The second-order valence-corrected chi connectivity index (χ2v) is 7.36. The van der Waals surface area contributed by atoms with Crippen LogP contribution in [-0.4, -0.2) is 52.8 Å². The summed E-state index contributed by atoms with van der Waals surface area (Å²) in [6.45, 7) is 4.44. The molecule has 3 rings (SSSR count). The monoisotopic (exact) mass is 449 g/mol. The van der Waals surface area contributed by atoms with Gasteiger partial charge in [0.15, 0.2) is 0 Å². The Hall–Kier alpha value is -3.94. The molecular weight excluding hydrogens is 422 g/mol. The zero-order valence-electron chi connectivity index (χ0n) is 19.0. The third-order valence-corrected chi connectivity index (χ3v) is 5.18. The summed E-state index contributed by atoms with van der Waals surface area (Å²) < 4.78 is 11.4. The second kappa shape index (κ2) is 11.1. The van der Waals surface area contributed by atoms with Crippen LogP contribution in [0.1, 0.15) is 45.3 Å². The predicted molar refractivity (Wildman–Crippen MR) is 122 cm³/mol. The molecule has 0 aliphatic heterocycles. The van der Waals surface area contributed by atoms with E-state index in [2.05, 4.69) is 5.10 Å². The van der Waals surface area contributed by atoms with E-state index in [-0.39, 0.29) is 31.4 Å². The Balaban J connectivity index is 1.80. The zero-order chi connectivity index (χ0) is 23.8. The first-order valence-electron chi connectivity index (χ1n) is 10.7. The van der Waals surface area contributed by atoms with Gasteiger partial charge in [0.1, 0.15) is 5.56 Å². The standard InChI is InChI=1S/C25H27N3O5/c1-4-33-25(31)22-16-26-28(18(22)2)21-12-10-20(11-13-21)24(30)27(15-14-23(29)32-3)17-19-8-6-5-7-9-19/h5-13,16H,4,14-15,17H2,1-3H3. The number of rotatable bonds is 9. The van der Waals surface area contributed by atoms with Crippen molar-refractivity contribution in [2.75, 3.05) is 20.3 Å². The lowest BCUT2D eigenvalue weighted by Gasteiger charge is -2.23. The molecule has 2 aromatic carbocycles. The van der Waals surface area contributed by atoms with E-state index in [1.165, 1.54) is 13.3 Å². The van der Waals surface area contributed by atoms with Crippen LogP contribution in [0, 0.1) is 6.92 Å². The lowest BCUT2D eigenvalue weighted by molar-refractivity contribution is -0.140. The first-order chi connectivity index (χ1) is 15.9. The number of carbonyl (C=O) groups is 3. The van der Waals surface area contributed by atoms with Gasteiger partial charge in [-0.3, -0.25) is 9.59 Å². The Kier molecular flexibility index (Phi) is 7.96. The van der Waals surface area contributed by atoms with E-state index in [4.69, 9.17) is 9.47 Å². The highest BCUT2D eigenvalue weighted by Gasteiger charge is 2.19. The van der Waals surface area contributed by atoms with Gasteiger partial charge in [0, 0.05) is 18.7 Å². The maximum atomic E-state index is 13.2. The molecule has 1 heterocycles. The highest BCUT2D eigenvalue weighted by atomic mass is 16.5. The quantitative estimate of drug-likeness (QED) is 0.464. The fraction of sp³-hybridized carbons (Fsp3) is 0.280. The van der Waals surface area contributed by atoms with Crippen LogP contribution in [0.5, 0.6) is 0 Å². The highest BCUT2D eigenvalue weighted by Crippen LogP contribution is 2.18. The zero-order valence-corrected chi connectivity index (χ0v) is 19.0. The Morgan fingerprint density at radius 3 is 2.36 bits per heavy atom. The molecule has 8 heteroatoms. The van der Waals surface area contributed by atoms with Gasteiger partial charge >= 0.3 is 11.9 Å². The lowest BCUT2D eigenvalue weighted by atomic mass is 10.1.